The molecule has 1 N–H and O–H groups in total. The summed E-state index contributed by atoms with van der Waals surface area (Å²) in [5, 5.41) is 13.0. The van der Waals surface area contributed by atoms with Crippen molar-refractivity contribution >= 4 is 45.4 Å². The standard InChI is InChI=1S/C13H14ClNOS.BrH/c1-7-12(15-2)17-11-6-8-5-9(14)3-4-10(8)13(7,11)16;/h3-5,7,11,16H,6H2,1-2H3;1H. The summed E-state index contributed by atoms with van der Waals surface area (Å²) in [6.07, 6.45) is 0.875. The van der Waals surface area contributed by atoms with E-state index in [1.54, 1.807) is 18.8 Å². The van der Waals surface area contributed by atoms with Crippen LogP contribution in [0.2, 0.25) is 5.02 Å². The number of thioether (sulfide) groups is 1. The van der Waals surface area contributed by atoms with Gasteiger partial charge in [-0.05, 0) is 29.7 Å². The van der Waals surface area contributed by atoms with Gasteiger partial charge < -0.3 is 5.11 Å². The van der Waals surface area contributed by atoms with Gasteiger partial charge in [-0.15, -0.1) is 28.7 Å². The Labute approximate surface area is 127 Å². The predicted molar refractivity (Wildman–Crippen MR) is 83.3 cm³/mol. The molecular formula is C13H15BrClNOS. The largest absolute Gasteiger partial charge is 0.383 e. The summed E-state index contributed by atoms with van der Waals surface area (Å²) in [5.41, 5.74) is 1.45. The molecule has 0 radical (unpaired) electrons. The maximum Gasteiger partial charge on any atom is 0.111 e. The first-order valence-electron chi connectivity index (χ1n) is 5.72. The highest BCUT2D eigenvalue weighted by Gasteiger charge is 2.56. The molecule has 3 rings (SSSR count). The van der Waals surface area contributed by atoms with Crippen molar-refractivity contribution in [3.63, 3.8) is 0 Å². The highest BCUT2D eigenvalue weighted by Crippen LogP contribution is 2.55. The van der Waals surface area contributed by atoms with Crippen LogP contribution in [-0.2, 0) is 12.0 Å². The summed E-state index contributed by atoms with van der Waals surface area (Å²) in [5.74, 6) is 0.0740. The summed E-state index contributed by atoms with van der Waals surface area (Å²) in [4.78, 5) is 4.28. The fraction of sp³-hybridized carbons (Fsp3) is 0.462. The predicted octanol–water partition coefficient (Wildman–Crippen LogP) is 3.44. The molecule has 1 heterocycles. The number of fused-ring (bicyclic) bond motifs is 3. The zero-order valence-corrected chi connectivity index (χ0v) is 13.5. The first-order chi connectivity index (χ1) is 8.07. The molecule has 1 fully saturated rings. The van der Waals surface area contributed by atoms with Gasteiger partial charge in [0.2, 0.25) is 0 Å². The number of aliphatic imine (C=N–C) groups is 1. The average Bonchev–Trinajstić information content (AvgIpc) is 2.70. The highest BCUT2D eigenvalue weighted by molar-refractivity contribution is 8.93. The van der Waals surface area contributed by atoms with Gasteiger partial charge in [-0.3, -0.25) is 4.99 Å². The monoisotopic (exact) mass is 347 g/mol. The van der Waals surface area contributed by atoms with Gasteiger partial charge in [0.1, 0.15) is 5.60 Å². The van der Waals surface area contributed by atoms with E-state index in [0.29, 0.717) is 0 Å². The van der Waals surface area contributed by atoms with Crippen LogP contribution in [0.4, 0.5) is 0 Å². The zero-order valence-electron chi connectivity index (χ0n) is 10.2. The third-order valence-corrected chi connectivity index (χ3v) is 5.73. The normalized spacial score (nSPS) is 35.2. The Hall–Kier alpha value is -0.0300. The first kappa shape index (κ1) is 14.4. The van der Waals surface area contributed by atoms with Crippen molar-refractivity contribution in [3.8, 4) is 0 Å². The number of hydrogen-bond donors (Lipinski definition) is 1. The SMILES string of the molecule is Br.CN=C1SC2Cc3cc(Cl)ccc3C2(O)C1C. The molecular weight excluding hydrogens is 334 g/mol. The first-order valence-corrected chi connectivity index (χ1v) is 6.97. The van der Waals surface area contributed by atoms with Crippen molar-refractivity contribution in [2.24, 2.45) is 10.9 Å². The van der Waals surface area contributed by atoms with Gasteiger partial charge in [0.05, 0.1) is 5.04 Å². The molecule has 3 unspecified atom stereocenters. The van der Waals surface area contributed by atoms with Crippen LogP contribution in [-0.4, -0.2) is 22.4 Å². The Morgan fingerprint density at radius 3 is 2.89 bits per heavy atom. The number of halogens is 2. The number of aliphatic hydroxyl groups is 1. The molecule has 1 aliphatic heterocycles. The number of rotatable bonds is 0. The van der Waals surface area contributed by atoms with Crippen molar-refractivity contribution < 1.29 is 5.11 Å². The molecule has 0 aromatic heterocycles. The fourth-order valence-electron chi connectivity index (χ4n) is 2.98. The van der Waals surface area contributed by atoms with Crippen LogP contribution in [0, 0.1) is 5.92 Å². The van der Waals surface area contributed by atoms with Gasteiger partial charge in [0, 0.05) is 23.2 Å². The summed E-state index contributed by atoms with van der Waals surface area (Å²) < 4.78 is 0. The lowest BCUT2D eigenvalue weighted by Crippen LogP contribution is -2.36. The number of benzene rings is 1. The Bertz CT molecular complexity index is 522. The summed E-state index contributed by atoms with van der Waals surface area (Å²) in [7, 11) is 1.80. The Morgan fingerprint density at radius 2 is 2.22 bits per heavy atom. The second kappa shape index (κ2) is 4.82. The zero-order chi connectivity index (χ0) is 12.2. The lowest BCUT2D eigenvalue weighted by molar-refractivity contribution is 0.0213. The molecule has 98 valence electrons. The van der Waals surface area contributed by atoms with E-state index < -0.39 is 5.60 Å². The van der Waals surface area contributed by atoms with Gasteiger partial charge in [-0.1, -0.05) is 24.6 Å². The molecule has 2 aliphatic rings. The lowest BCUT2D eigenvalue weighted by Gasteiger charge is -2.27. The maximum atomic E-state index is 11.0. The van der Waals surface area contributed by atoms with E-state index >= 15 is 0 Å². The molecule has 1 saturated heterocycles. The van der Waals surface area contributed by atoms with Gasteiger partial charge >= 0.3 is 0 Å². The average molecular weight is 349 g/mol. The van der Waals surface area contributed by atoms with Crippen molar-refractivity contribution in [2.45, 2.75) is 24.2 Å². The summed E-state index contributed by atoms with van der Waals surface area (Å²) in [6, 6.07) is 5.80. The van der Waals surface area contributed by atoms with Gasteiger partial charge in [-0.25, -0.2) is 0 Å². The molecule has 3 atom stereocenters. The van der Waals surface area contributed by atoms with Gasteiger partial charge in [-0.2, -0.15) is 0 Å². The second-order valence-corrected chi connectivity index (χ2v) is 6.38. The highest BCUT2D eigenvalue weighted by atomic mass is 79.9. The third-order valence-electron chi connectivity index (χ3n) is 3.91. The van der Waals surface area contributed by atoms with Crippen LogP contribution in [0.1, 0.15) is 18.1 Å². The van der Waals surface area contributed by atoms with Gasteiger partial charge in [0.15, 0.2) is 0 Å². The third kappa shape index (κ3) is 1.77. The Balaban J connectivity index is 0.00000120. The van der Waals surface area contributed by atoms with Crippen LogP contribution < -0.4 is 0 Å². The number of hydrogen-bond acceptors (Lipinski definition) is 3. The molecule has 5 heteroatoms. The van der Waals surface area contributed by atoms with E-state index in [2.05, 4.69) is 11.9 Å². The fourth-order valence-corrected chi connectivity index (χ4v) is 4.73. The van der Waals surface area contributed by atoms with Gasteiger partial charge in [0.25, 0.3) is 0 Å². The van der Waals surface area contributed by atoms with Crippen molar-refractivity contribution in [2.75, 3.05) is 7.05 Å². The van der Waals surface area contributed by atoms with Crippen LogP contribution in [0.15, 0.2) is 23.2 Å². The minimum absolute atomic E-state index is 0. The van der Waals surface area contributed by atoms with Crippen molar-refractivity contribution in [1.29, 1.82) is 0 Å². The van der Waals surface area contributed by atoms with E-state index in [1.807, 2.05) is 18.2 Å². The molecule has 1 aromatic rings. The van der Waals surface area contributed by atoms with Crippen LogP contribution in [0.5, 0.6) is 0 Å². The molecule has 1 aromatic carbocycles. The number of nitrogens with zero attached hydrogens (tertiary/aromatic N) is 1. The molecule has 0 saturated carbocycles. The molecule has 1 aliphatic carbocycles. The Morgan fingerprint density at radius 1 is 1.50 bits per heavy atom. The Kier molecular flexibility index (Phi) is 3.85. The quantitative estimate of drug-likeness (QED) is 0.779. The van der Waals surface area contributed by atoms with Crippen molar-refractivity contribution in [1.82, 2.24) is 0 Å². The molecule has 2 nitrogen and oxygen atoms in total. The molecule has 0 amide bonds. The molecule has 18 heavy (non-hydrogen) atoms. The van der Waals surface area contributed by atoms with Crippen LogP contribution in [0.25, 0.3) is 0 Å². The minimum Gasteiger partial charge on any atom is -0.383 e. The van der Waals surface area contributed by atoms with E-state index in [-0.39, 0.29) is 28.1 Å². The summed E-state index contributed by atoms with van der Waals surface area (Å²) in [6.45, 7) is 2.05. The smallest absolute Gasteiger partial charge is 0.111 e. The summed E-state index contributed by atoms with van der Waals surface area (Å²) >= 11 is 7.71. The van der Waals surface area contributed by atoms with Crippen LogP contribution in [0.3, 0.4) is 0 Å². The van der Waals surface area contributed by atoms with E-state index in [4.69, 9.17) is 11.6 Å². The van der Waals surface area contributed by atoms with E-state index in [1.165, 1.54) is 5.56 Å². The lowest BCUT2D eigenvalue weighted by atomic mass is 9.84. The van der Waals surface area contributed by atoms with Crippen LogP contribution >= 0.6 is 40.3 Å². The second-order valence-electron chi connectivity index (χ2n) is 4.72. The van der Waals surface area contributed by atoms with E-state index in [9.17, 15) is 5.11 Å². The topological polar surface area (TPSA) is 32.6 Å². The minimum atomic E-state index is -0.764. The maximum absolute atomic E-state index is 11.0. The van der Waals surface area contributed by atoms with Crippen molar-refractivity contribution in [3.05, 3.63) is 34.3 Å². The van der Waals surface area contributed by atoms with E-state index in [0.717, 1.165) is 22.1 Å². The molecule has 0 bridgehead atoms. The molecule has 0 spiro atoms.